The van der Waals surface area contributed by atoms with Crippen LogP contribution in [0.5, 0.6) is 5.75 Å². The number of methoxy groups -OCH3 is 1. The summed E-state index contributed by atoms with van der Waals surface area (Å²) in [5.74, 6) is 0.432. The van der Waals surface area contributed by atoms with Gasteiger partial charge in [-0.2, -0.15) is 11.8 Å². The Balaban J connectivity index is 2.78. The molecule has 0 saturated heterocycles. The van der Waals surface area contributed by atoms with Crippen LogP contribution in [0.3, 0.4) is 0 Å². The molecule has 1 unspecified atom stereocenters. The highest BCUT2D eigenvalue weighted by molar-refractivity contribution is 7.99. The predicted molar refractivity (Wildman–Crippen MR) is 72.4 cm³/mol. The van der Waals surface area contributed by atoms with Crippen LogP contribution in [0.4, 0.5) is 0 Å². The predicted octanol–water partition coefficient (Wildman–Crippen LogP) is 2.40. The first-order valence-electron chi connectivity index (χ1n) is 5.71. The van der Waals surface area contributed by atoms with Gasteiger partial charge in [0.1, 0.15) is 5.75 Å². The molecule has 0 radical (unpaired) electrons. The Morgan fingerprint density at radius 2 is 2.22 bits per heavy atom. The van der Waals surface area contributed by atoms with Crippen molar-refractivity contribution >= 4 is 17.7 Å². The highest BCUT2D eigenvalue weighted by Gasteiger charge is 2.10. The molecule has 5 heteroatoms. The van der Waals surface area contributed by atoms with E-state index in [1.54, 1.807) is 31.0 Å². The maximum Gasteiger partial charge on any atom is 0.335 e. The molecule has 0 bridgehead atoms. The summed E-state index contributed by atoms with van der Waals surface area (Å²) in [5, 5.41) is 18.1. The Morgan fingerprint density at radius 1 is 1.50 bits per heavy atom. The molecule has 4 nitrogen and oxygen atoms in total. The third-order valence-electron chi connectivity index (χ3n) is 2.59. The Morgan fingerprint density at radius 3 is 2.78 bits per heavy atom. The molecule has 0 amide bonds. The Hall–Kier alpha value is -1.20. The summed E-state index contributed by atoms with van der Waals surface area (Å²) in [6.45, 7) is 2.20. The molecule has 0 aliphatic carbocycles. The number of hydrogen-bond acceptors (Lipinski definition) is 4. The molecule has 0 spiro atoms. The van der Waals surface area contributed by atoms with Crippen LogP contribution in [-0.2, 0) is 5.75 Å². The Bertz CT molecular complexity index is 406. The van der Waals surface area contributed by atoms with Crippen molar-refractivity contribution in [1.82, 2.24) is 0 Å². The fourth-order valence-electron chi connectivity index (χ4n) is 1.52. The molecule has 1 rings (SSSR count). The molecule has 0 aromatic heterocycles. The molecule has 0 fully saturated rings. The topological polar surface area (TPSA) is 66.8 Å². The van der Waals surface area contributed by atoms with Crippen molar-refractivity contribution in [3.8, 4) is 5.75 Å². The fraction of sp³-hybridized carbons (Fsp3) is 0.462. The molecule has 0 aliphatic heterocycles. The van der Waals surface area contributed by atoms with Crippen LogP contribution < -0.4 is 4.74 Å². The number of carboxylic acids is 1. The molecule has 0 heterocycles. The maximum atomic E-state index is 10.9. The summed E-state index contributed by atoms with van der Waals surface area (Å²) >= 11 is 1.67. The smallest absolute Gasteiger partial charge is 0.335 e. The summed E-state index contributed by atoms with van der Waals surface area (Å²) in [6, 6.07) is 4.85. The number of thioether (sulfide) groups is 1. The van der Waals surface area contributed by atoms with Crippen LogP contribution >= 0.6 is 11.8 Å². The minimum atomic E-state index is -0.938. The van der Waals surface area contributed by atoms with Crippen molar-refractivity contribution in [2.45, 2.75) is 24.3 Å². The van der Waals surface area contributed by atoms with Gasteiger partial charge in [0.25, 0.3) is 0 Å². The first-order chi connectivity index (χ1) is 8.58. The van der Waals surface area contributed by atoms with Crippen molar-refractivity contribution < 1.29 is 19.7 Å². The molecular weight excluding hydrogens is 252 g/mol. The van der Waals surface area contributed by atoms with E-state index in [4.69, 9.17) is 14.9 Å². The van der Waals surface area contributed by atoms with Gasteiger partial charge in [-0.25, -0.2) is 4.79 Å². The standard InChI is InChI=1S/C13H18O4S/c1-9(5-6-14)18-8-11-7-10(13(15)16)3-4-12(11)17-2/h3-4,7,9,14H,5-6,8H2,1-2H3,(H,15,16). The van der Waals surface area contributed by atoms with Gasteiger partial charge in [-0.15, -0.1) is 0 Å². The zero-order chi connectivity index (χ0) is 13.5. The van der Waals surface area contributed by atoms with Gasteiger partial charge in [0, 0.05) is 23.2 Å². The second-order valence-electron chi connectivity index (χ2n) is 3.97. The molecule has 2 N–H and O–H groups in total. The van der Waals surface area contributed by atoms with Gasteiger partial charge in [0.15, 0.2) is 0 Å². The number of aliphatic hydroxyl groups excluding tert-OH is 1. The maximum absolute atomic E-state index is 10.9. The highest BCUT2D eigenvalue weighted by Crippen LogP contribution is 2.27. The van der Waals surface area contributed by atoms with Crippen LogP contribution in [0.2, 0.25) is 0 Å². The SMILES string of the molecule is COc1ccc(C(=O)O)cc1CSC(C)CCO. The summed E-state index contributed by atoms with van der Waals surface area (Å²) in [7, 11) is 1.57. The third kappa shape index (κ3) is 4.23. The second-order valence-corrected chi connectivity index (χ2v) is 5.39. The van der Waals surface area contributed by atoms with Gasteiger partial charge in [-0.05, 0) is 24.6 Å². The largest absolute Gasteiger partial charge is 0.496 e. The number of benzene rings is 1. The van der Waals surface area contributed by atoms with Crippen LogP contribution in [0.15, 0.2) is 18.2 Å². The Kier molecular flexibility index (Phi) is 6.01. The zero-order valence-electron chi connectivity index (χ0n) is 10.5. The minimum Gasteiger partial charge on any atom is -0.496 e. The lowest BCUT2D eigenvalue weighted by molar-refractivity contribution is 0.0696. The van der Waals surface area contributed by atoms with Gasteiger partial charge in [-0.1, -0.05) is 6.92 Å². The monoisotopic (exact) mass is 270 g/mol. The van der Waals surface area contributed by atoms with Crippen molar-refractivity contribution in [3.05, 3.63) is 29.3 Å². The third-order valence-corrected chi connectivity index (χ3v) is 3.87. The number of aliphatic hydroxyl groups is 1. The van der Waals surface area contributed by atoms with Crippen molar-refractivity contribution in [3.63, 3.8) is 0 Å². The van der Waals surface area contributed by atoms with E-state index in [0.717, 1.165) is 12.0 Å². The number of aromatic carboxylic acids is 1. The summed E-state index contributed by atoms with van der Waals surface area (Å²) < 4.78 is 5.22. The molecule has 1 aromatic carbocycles. The van der Waals surface area contributed by atoms with Gasteiger partial charge in [-0.3, -0.25) is 0 Å². The summed E-state index contributed by atoms with van der Waals surface area (Å²) in [5.41, 5.74) is 1.13. The van der Waals surface area contributed by atoms with E-state index >= 15 is 0 Å². The van der Waals surface area contributed by atoms with E-state index < -0.39 is 5.97 Å². The molecule has 1 atom stereocenters. The van der Waals surface area contributed by atoms with E-state index in [2.05, 4.69) is 0 Å². The fourth-order valence-corrected chi connectivity index (χ4v) is 2.48. The normalized spacial score (nSPS) is 12.2. The minimum absolute atomic E-state index is 0.167. The van der Waals surface area contributed by atoms with Crippen molar-refractivity contribution in [2.24, 2.45) is 0 Å². The quantitative estimate of drug-likeness (QED) is 0.796. The summed E-state index contributed by atoms with van der Waals surface area (Å²) in [4.78, 5) is 10.9. The number of ether oxygens (including phenoxy) is 1. The van der Waals surface area contributed by atoms with Crippen LogP contribution in [-0.4, -0.2) is 35.1 Å². The van der Waals surface area contributed by atoms with E-state index in [1.165, 1.54) is 6.07 Å². The van der Waals surface area contributed by atoms with E-state index in [9.17, 15) is 4.79 Å². The number of hydrogen-bond donors (Lipinski definition) is 2. The molecule has 100 valence electrons. The van der Waals surface area contributed by atoms with Crippen molar-refractivity contribution in [1.29, 1.82) is 0 Å². The summed E-state index contributed by atoms with van der Waals surface area (Å²) in [6.07, 6.45) is 0.728. The van der Waals surface area contributed by atoms with Crippen molar-refractivity contribution in [2.75, 3.05) is 13.7 Å². The molecule has 1 aromatic rings. The lowest BCUT2D eigenvalue weighted by Gasteiger charge is -2.12. The van der Waals surface area contributed by atoms with E-state index in [0.29, 0.717) is 16.8 Å². The molecule has 0 saturated carbocycles. The van der Waals surface area contributed by atoms with Gasteiger partial charge in [0.2, 0.25) is 0 Å². The number of rotatable bonds is 7. The first-order valence-corrected chi connectivity index (χ1v) is 6.76. The van der Waals surface area contributed by atoms with E-state index in [-0.39, 0.29) is 12.2 Å². The molecule has 18 heavy (non-hydrogen) atoms. The number of carboxylic acid groups (broad SMARTS) is 1. The lowest BCUT2D eigenvalue weighted by Crippen LogP contribution is -2.02. The van der Waals surface area contributed by atoms with Gasteiger partial charge >= 0.3 is 5.97 Å². The average molecular weight is 270 g/mol. The van der Waals surface area contributed by atoms with E-state index in [1.807, 2.05) is 6.92 Å². The highest BCUT2D eigenvalue weighted by atomic mass is 32.2. The van der Waals surface area contributed by atoms with Gasteiger partial charge < -0.3 is 14.9 Å². The zero-order valence-corrected chi connectivity index (χ0v) is 11.4. The van der Waals surface area contributed by atoms with Crippen LogP contribution in [0.25, 0.3) is 0 Å². The lowest BCUT2D eigenvalue weighted by atomic mass is 10.1. The molecule has 0 aliphatic rings. The number of carbonyl (C=O) groups is 1. The second kappa shape index (κ2) is 7.28. The van der Waals surface area contributed by atoms with Crippen LogP contribution in [0.1, 0.15) is 29.3 Å². The van der Waals surface area contributed by atoms with Gasteiger partial charge in [0.05, 0.1) is 12.7 Å². The first kappa shape index (κ1) is 14.9. The average Bonchev–Trinajstić information content (AvgIpc) is 2.36. The van der Waals surface area contributed by atoms with Crippen LogP contribution in [0, 0.1) is 0 Å². The Labute approximate surface area is 111 Å². The molecular formula is C13H18O4S.